The fourth-order valence-corrected chi connectivity index (χ4v) is 2.37. The average molecular weight is 230 g/mol. The Morgan fingerprint density at radius 3 is 2.31 bits per heavy atom. The Kier molecular flexibility index (Phi) is 3.51. The molecule has 90 valence electrons. The van der Waals surface area contributed by atoms with E-state index < -0.39 is 6.43 Å². The molecule has 0 unspecified atom stereocenters. The number of carbonyl (C=O) groups excluding carboxylic acids is 1. The maximum Gasteiger partial charge on any atom is 0.278 e. The van der Waals surface area contributed by atoms with E-state index in [1.54, 1.807) is 0 Å². The van der Waals surface area contributed by atoms with Crippen LogP contribution in [-0.2, 0) is 4.79 Å². The van der Waals surface area contributed by atoms with Crippen LogP contribution in [0.3, 0.4) is 0 Å². The molecule has 2 aliphatic rings. The predicted molar refractivity (Wildman–Crippen MR) is 56.4 cm³/mol. The second kappa shape index (κ2) is 4.89. The molecular formula is C11H16F2N2O. The normalized spacial score (nSPS) is 23.8. The summed E-state index contributed by atoms with van der Waals surface area (Å²) in [7, 11) is 0. The van der Waals surface area contributed by atoms with Gasteiger partial charge in [-0.25, -0.2) is 13.8 Å². The first-order valence-electron chi connectivity index (χ1n) is 5.86. The lowest BCUT2D eigenvalue weighted by molar-refractivity contribution is -0.131. The van der Waals surface area contributed by atoms with E-state index in [4.69, 9.17) is 0 Å². The van der Waals surface area contributed by atoms with Gasteiger partial charge in [0.1, 0.15) is 5.71 Å². The Morgan fingerprint density at radius 2 is 1.81 bits per heavy atom. The van der Waals surface area contributed by atoms with E-state index >= 15 is 0 Å². The largest absolute Gasteiger partial charge is 0.278 e. The standard InChI is InChI=1S/C11H16F2N2O/c12-11(13)9-7-10(16)15(14-9)8-5-3-1-2-4-6-8/h8,11H,1-7H2. The molecule has 1 aliphatic carbocycles. The number of alkyl halides is 2. The number of hydrogen-bond acceptors (Lipinski definition) is 2. The van der Waals surface area contributed by atoms with Gasteiger partial charge in [-0.1, -0.05) is 25.7 Å². The van der Waals surface area contributed by atoms with Crippen LogP contribution in [0.5, 0.6) is 0 Å². The number of hydrazone groups is 1. The highest BCUT2D eigenvalue weighted by Crippen LogP contribution is 2.26. The van der Waals surface area contributed by atoms with Gasteiger partial charge >= 0.3 is 0 Å². The molecule has 3 nitrogen and oxygen atoms in total. The van der Waals surface area contributed by atoms with Gasteiger partial charge in [-0.2, -0.15) is 5.10 Å². The molecule has 0 spiro atoms. The number of nitrogens with zero attached hydrogens (tertiary/aromatic N) is 2. The van der Waals surface area contributed by atoms with E-state index in [1.807, 2.05) is 0 Å². The minimum absolute atomic E-state index is 0.0475. The summed E-state index contributed by atoms with van der Waals surface area (Å²) in [4.78, 5) is 11.6. The second-order valence-corrected chi connectivity index (χ2v) is 4.45. The van der Waals surface area contributed by atoms with Crippen molar-refractivity contribution in [2.45, 2.75) is 57.4 Å². The SMILES string of the molecule is O=C1CC(C(F)F)=NN1C1CCCCCC1. The lowest BCUT2D eigenvalue weighted by Gasteiger charge is -2.22. The first kappa shape index (κ1) is 11.5. The topological polar surface area (TPSA) is 32.7 Å². The summed E-state index contributed by atoms with van der Waals surface area (Å²) >= 11 is 0. The van der Waals surface area contributed by atoms with Gasteiger partial charge in [0, 0.05) is 0 Å². The highest BCUT2D eigenvalue weighted by atomic mass is 19.3. The van der Waals surface area contributed by atoms with Crippen molar-refractivity contribution in [1.29, 1.82) is 0 Å². The van der Waals surface area contributed by atoms with E-state index in [9.17, 15) is 13.6 Å². The van der Waals surface area contributed by atoms with Crippen molar-refractivity contribution >= 4 is 11.6 Å². The molecule has 0 N–H and O–H groups in total. The van der Waals surface area contributed by atoms with Crippen LogP contribution in [0.25, 0.3) is 0 Å². The number of rotatable bonds is 2. The molecule has 0 saturated heterocycles. The molecule has 1 saturated carbocycles. The van der Waals surface area contributed by atoms with Crippen LogP contribution >= 0.6 is 0 Å². The van der Waals surface area contributed by atoms with E-state index in [2.05, 4.69) is 5.10 Å². The Hall–Kier alpha value is -1.00. The van der Waals surface area contributed by atoms with Gasteiger partial charge in [-0.3, -0.25) is 4.79 Å². The summed E-state index contributed by atoms with van der Waals surface area (Å²) in [6.45, 7) is 0. The van der Waals surface area contributed by atoms with Crippen molar-refractivity contribution in [3.8, 4) is 0 Å². The van der Waals surface area contributed by atoms with Crippen LogP contribution in [-0.4, -0.2) is 29.1 Å². The number of amides is 1. The van der Waals surface area contributed by atoms with E-state index in [-0.39, 0.29) is 24.1 Å². The third-order valence-electron chi connectivity index (χ3n) is 3.25. The molecule has 0 bridgehead atoms. The van der Waals surface area contributed by atoms with E-state index in [0.717, 1.165) is 25.7 Å². The van der Waals surface area contributed by atoms with Crippen molar-refractivity contribution in [3.05, 3.63) is 0 Å². The van der Waals surface area contributed by atoms with Gasteiger partial charge < -0.3 is 0 Å². The molecule has 0 radical (unpaired) electrons. The molecule has 0 atom stereocenters. The van der Waals surface area contributed by atoms with Gasteiger partial charge in [0.25, 0.3) is 6.43 Å². The van der Waals surface area contributed by atoms with Crippen LogP contribution < -0.4 is 0 Å². The molecule has 5 heteroatoms. The second-order valence-electron chi connectivity index (χ2n) is 4.45. The zero-order valence-electron chi connectivity index (χ0n) is 9.16. The number of carbonyl (C=O) groups is 1. The molecule has 1 aliphatic heterocycles. The third kappa shape index (κ3) is 2.39. The predicted octanol–water partition coefficient (Wildman–Crippen LogP) is 2.56. The van der Waals surface area contributed by atoms with Gasteiger partial charge in [-0.15, -0.1) is 0 Å². The summed E-state index contributed by atoms with van der Waals surface area (Å²) < 4.78 is 24.8. The minimum Gasteiger partial charge on any atom is -0.273 e. The lowest BCUT2D eigenvalue weighted by Crippen LogP contribution is -2.32. The smallest absolute Gasteiger partial charge is 0.273 e. The Balaban J connectivity index is 2.05. The van der Waals surface area contributed by atoms with E-state index in [0.29, 0.717) is 0 Å². The van der Waals surface area contributed by atoms with Crippen molar-refractivity contribution in [2.24, 2.45) is 5.10 Å². The maximum atomic E-state index is 12.4. The highest BCUT2D eigenvalue weighted by Gasteiger charge is 2.33. The van der Waals surface area contributed by atoms with Crippen LogP contribution in [0.15, 0.2) is 5.10 Å². The molecule has 1 amide bonds. The molecule has 2 rings (SSSR count). The van der Waals surface area contributed by atoms with Crippen LogP contribution in [0.2, 0.25) is 0 Å². The van der Waals surface area contributed by atoms with Crippen molar-refractivity contribution in [2.75, 3.05) is 0 Å². The Bertz CT molecular complexity index is 296. The Morgan fingerprint density at radius 1 is 1.19 bits per heavy atom. The van der Waals surface area contributed by atoms with Gasteiger partial charge in [0.05, 0.1) is 12.5 Å². The summed E-state index contributed by atoms with van der Waals surface area (Å²) in [5.74, 6) is -0.262. The summed E-state index contributed by atoms with van der Waals surface area (Å²) in [6, 6.07) is 0.0475. The van der Waals surface area contributed by atoms with Crippen molar-refractivity contribution in [3.63, 3.8) is 0 Å². The van der Waals surface area contributed by atoms with Crippen LogP contribution in [0, 0.1) is 0 Å². The molecular weight excluding hydrogens is 214 g/mol. The lowest BCUT2D eigenvalue weighted by atomic mass is 10.1. The minimum atomic E-state index is -2.60. The summed E-state index contributed by atoms with van der Waals surface area (Å²) in [5.41, 5.74) is -0.269. The molecule has 1 fully saturated rings. The summed E-state index contributed by atoms with van der Waals surface area (Å²) in [6.07, 6.45) is 3.46. The van der Waals surface area contributed by atoms with E-state index in [1.165, 1.54) is 17.9 Å². The summed E-state index contributed by atoms with van der Waals surface area (Å²) in [5, 5.41) is 5.10. The fourth-order valence-electron chi connectivity index (χ4n) is 2.37. The highest BCUT2D eigenvalue weighted by molar-refractivity contribution is 6.06. The van der Waals surface area contributed by atoms with Crippen molar-refractivity contribution in [1.82, 2.24) is 5.01 Å². The maximum absolute atomic E-state index is 12.4. The molecule has 0 aromatic rings. The number of halogens is 2. The quantitative estimate of drug-likeness (QED) is 0.671. The fraction of sp³-hybridized carbons (Fsp3) is 0.818. The monoisotopic (exact) mass is 230 g/mol. The molecule has 0 aromatic heterocycles. The zero-order valence-corrected chi connectivity index (χ0v) is 9.16. The van der Waals surface area contributed by atoms with Crippen LogP contribution in [0.1, 0.15) is 44.9 Å². The molecule has 1 heterocycles. The first-order chi connectivity index (χ1) is 7.68. The van der Waals surface area contributed by atoms with Gasteiger partial charge in [0.15, 0.2) is 0 Å². The van der Waals surface area contributed by atoms with Gasteiger partial charge in [-0.05, 0) is 12.8 Å². The third-order valence-corrected chi connectivity index (χ3v) is 3.25. The van der Waals surface area contributed by atoms with Crippen molar-refractivity contribution < 1.29 is 13.6 Å². The molecule has 16 heavy (non-hydrogen) atoms. The van der Waals surface area contributed by atoms with Gasteiger partial charge in [0.2, 0.25) is 5.91 Å². The number of hydrogen-bond donors (Lipinski definition) is 0. The first-order valence-corrected chi connectivity index (χ1v) is 5.86. The zero-order chi connectivity index (χ0) is 11.5. The van der Waals surface area contributed by atoms with Crippen LogP contribution in [0.4, 0.5) is 8.78 Å². The molecule has 0 aromatic carbocycles. The Labute approximate surface area is 93.5 Å². The average Bonchev–Trinajstić information content (AvgIpc) is 2.50.